The molecular weight excluding hydrogens is 348 g/mol. The highest BCUT2D eigenvalue weighted by atomic mass is 19.2. The van der Waals surface area contributed by atoms with Crippen LogP contribution in [0.1, 0.15) is 45.1 Å². The normalized spacial score (nSPS) is 18.6. The van der Waals surface area contributed by atoms with Crippen molar-refractivity contribution >= 4 is 11.6 Å². The fourth-order valence-electron chi connectivity index (χ4n) is 4.04. The Hall–Kier alpha value is -1.69. The number of likely N-dealkylation sites (tertiary alicyclic amines) is 1. The Balaban J connectivity index is 1.43. The lowest BCUT2D eigenvalue weighted by Crippen LogP contribution is -2.46. The van der Waals surface area contributed by atoms with E-state index in [0.29, 0.717) is 6.04 Å². The summed E-state index contributed by atoms with van der Waals surface area (Å²) in [6, 6.07) is 3.00. The molecule has 0 spiro atoms. The van der Waals surface area contributed by atoms with Gasteiger partial charge in [0.05, 0.1) is 0 Å². The van der Waals surface area contributed by atoms with Crippen molar-refractivity contribution in [3.63, 3.8) is 0 Å². The number of rotatable bonds is 6. The van der Waals surface area contributed by atoms with Crippen LogP contribution in [0.25, 0.3) is 0 Å². The van der Waals surface area contributed by atoms with Gasteiger partial charge in [-0.25, -0.2) is 8.78 Å². The average molecular weight is 379 g/mol. The summed E-state index contributed by atoms with van der Waals surface area (Å²) in [7, 11) is 0. The molecule has 1 N–H and O–H groups in total. The molecule has 0 aliphatic carbocycles. The Morgan fingerprint density at radius 2 is 1.85 bits per heavy atom. The Bertz CT molecular complexity index is 657. The fourth-order valence-corrected chi connectivity index (χ4v) is 4.04. The molecule has 2 aliphatic heterocycles. The lowest BCUT2D eigenvalue weighted by atomic mass is 10.0. The highest BCUT2D eigenvalue weighted by molar-refractivity contribution is 5.78. The van der Waals surface area contributed by atoms with E-state index in [0.717, 1.165) is 76.1 Å². The van der Waals surface area contributed by atoms with E-state index < -0.39 is 11.6 Å². The number of carbonyl (C=O) groups excluding carboxylic acids is 1. The van der Waals surface area contributed by atoms with Crippen LogP contribution in [-0.4, -0.2) is 49.6 Å². The molecule has 1 fully saturated rings. The first kappa shape index (κ1) is 20.1. The predicted octanol–water partition coefficient (Wildman–Crippen LogP) is 3.34. The van der Waals surface area contributed by atoms with E-state index >= 15 is 0 Å². The lowest BCUT2D eigenvalue weighted by Gasteiger charge is -2.34. The van der Waals surface area contributed by atoms with E-state index in [1.54, 1.807) is 0 Å². The zero-order valence-electron chi connectivity index (χ0n) is 16.4. The standard InChI is InChI=1S/C21H31F2N3O/c1-15(2)21(27)24-17-6-11-25(12-7-17)8-4-10-26-9-3-5-16-13-18(22)19(23)14-20(16)26/h13-15,17H,3-12H2,1-2H3,(H,24,27). The van der Waals surface area contributed by atoms with Gasteiger partial charge in [0.2, 0.25) is 5.91 Å². The summed E-state index contributed by atoms with van der Waals surface area (Å²) in [4.78, 5) is 16.4. The van der Waals surface area contributed by atoms with Crippen molar-refractivity contribution < 1.29 is 13.6 Å². The lowest BCUT2D eigenvalue weighted by molar-refractivity contribution is -0.125. The van der Waals surface area contributed by atoms with Gasteiger partial charge in [-0.2, -0.15) is 0 Å². The number of fused-ring (bicyclic) bond motifs is 1. The van der Waals surface area contributed by atoms with Crippen LogP contribution in [0.4, 0.5) is 14.5 Å². The molecule has 0 saturated carbocycles. The van der Waals surface area contributed by atoms with Gasteiger partial charge in [-0.05, 0) is 50.3 Å². The van der Waals surface area contributed by atoms with Crippen LogP contribution in [0, 0.1) is 17.6 Å². The SMILES string of the molecule is CC(C)C(=O)NC1CCN(CCCN2CCCc3cc(F)c(F)cc32)CC1. The number of piperidine rings is 1. The second-order valence-electron chi connectivity index (χ2n) is 8.12. The van der Waals surface area contributed by atoms with Gasteiger partial charge in [0, 0.05) is 49.9 Å². The van der Waals surface area contributed by atoms with E-state index in [-0.39, 0.29) is 11.8 Å². The molecule has 1 saturated heterocycles. The molecule has 150 valence electrons. The quantitative estimate of drug-likeness (QED) is 0.823. The van der Waals surface area contributed by atoms with E-state index in [1.165, 1.54) is 12.1 Å². The van der Waals surface area contributed by atoms with Crippen molar-refractivity contribution in [2.45, 2.75) is 52.0 Å². The maximum Gasteiger partial charge on any atom is 0.222 e. The third-order valence-electron chi connectivity index (χ3n) is 5.70. The first-order valence-electron chi connectivity index (χ1n) is 10.2. The van der Waals surface area contributed by atoms with Gasteiger partial charge in [-0.1, -0.05) is 13.8 Å². The van der Waals surface area contributed by atoms with Crippen LogP contribution in [0.5, 0.6) is 0 Å². The molecular formula is C21H31F2N3O. The number of carbonyl (C=O) groups is 1. The van der Waals surface area contributed by atoms with E-state index in [1.807, 2.05) is 13.8 Å². The third kappa shape index (κ3) is 5.18. The summed E-state index contributed by atoms with van der Waals surface area (Å²) in [5.41, 5.74) is 1.78. The van der Waals surface area contributed by atoms with Crippen molar-refractivity contribution in [2.24, 2.45) is 5.92 Å². The van der Waals surface area contributed by atoms with E-state index in [2.05, 4.69) is 15.1 Å². The topological polar surface area (TPSA) is 35.6 Å². The van der Waals surface area contributed by atoms with Crippen LogP contribution < -0.4 is 10.2 Å². The smallest absolute Gasteiger partial charge is 0.222 e. The summed E-state index contributed by atoms with van der Waals surface area (Å²) >= 11 is 0. The summed E-state index contributed by atoms with van der Waals surface area (Å²) < 4.78 is 27.1. The molecule has 2 heterocycles. The van der Waals surface area contributed by atoms with Gasteiger partial charge in [0.25, 0.3) is 0 Å². The zero-order valence-corrected chi connectivity index (χ0v) is 16.4. The second kappa shape index (κ2) is 9.00. The molecule has 27 heavy (non-hydrogen) atoms. The minimum atomic E-state index is -0.758. The van der Waals surface area contributed by atoms with Crippen molar-refractivity contribution in [3.8, 4) is 0 Å². The van der Waals surface area contributed by atoms with Gasteiger partial charge in [-0.15, -0.1) is 0 Å². The molecule has 1 aromatic carbocycles. The highest BCUT2D eigenvalue weighted by Crippen LogP contribution is 2.29. The number of hydrogen-bond acceptors (Lipinski definition) is 3. The second-order valence-corrected chi connectivity index (χ2v) is 8.12. The number of nitrogens with zero attached hydrogens (tertiary/aromatic N) is 2. The number of benzene rings is 1. The largest absolute Gasteiger partial charge is 0.371 e. The van der Waals surface area contributed by atoms with Crippen molar-refractivity contribution in [1.29, 1.82) is 0 Å². The maximum atomic E-state index is 13.6. The van der Waals surface area contributed by atoms with Crippen LogP contribution in [-0.2, 0) is 11.2 Å². The zero-order chi connectivity index (χ0) is 19.4. The predicted molar refractivity (Wildman–Crippen MR) is 104 cm³/mol. The summed E-state index contributed by atoms with van der Waals surface area (Å²) in [5, 5.41) is 3.13. The molecule has 3 rings (SSSR count). The Labute approximate surface area is 160 Å². The highest BCUT2D eigenvalue weighted by Gasteiger charge is 2.23. The van der Waals surface area contributed by atoms with Crippen molar-refractivity contribution in [1.82, 2.24) is 10.2 Å². The molecule has 1 aromatic rings. The number of nitrogens with one attached hydrogen (secondary N) is 1. The minimum Gasteiger partial charge on any atom is -0.371 e. The monoisotopic (exact) mass is 379 g/mol. The molecule has 1 amide bonds. The third-order valence-corrected chi connectivity index (χ3v) is 5.70. The first-order valence-corrected chi connectivity index (χ1v) is 10.2. The van der Waals surface area contributed by atoms with Gasteiger partial charge in [0.15, 0.2) is 11.6 Å². The van der Waals surface area contributed by atoms with Crippen LogP contribution in [0.3, 0.4) is 0 Å². The minimum absolute atomic E-state index is 0.0359. The number of hydrogen-bond donors (Lipinski definition) is 1. The Morgan fingerprint density at radius 3 is 2.56 bits per heavy atom. The number of amides is 1. The number of aryl methyl sites for hydroxylation is 1. The Kier molecular flexibility index (Phi) is 6.68. The first-order chi connectivity index (χ1) is 12.9. The van der Waals surface area contributed by atoms with Crippen LogP contribution in [0.15, 0.2) is 12.1 Å². The summed E-state index contributed by atoms with van der Waals surface area (Å²) in [6.45, 7) is 8.61. The molecule has 0 unspecified atom stereocenters. The van der Waals surface area contributed by atoms with Gasteiger partial charge in [0.1, 0.15) is 0 Å². The molecule has 0 bridgehead atoms. The number of anilines is 1. The summed E-state index contributed by atoms with van der Waals surface area (Å²) in [6.07, 6.45) is 4.80. The molecule has 4 nitrogen and oxygen atoms in total. The molecule has 0 radical (unpaired) electrons. The molecule has 0 atom stereocenters. The average Bonchev–Trinajstić information content (AvgIpc) is 2.64. The van der Waals surface area contributed by atoms with Gasteiger partial charge < -0.3 is 15.1 Å². The van der Waals surface area contributed by atoms with Crippen LogP contribution >= 0.6 is 0 Å². The molecule has 2 aliphatic rings. The molecule has 6 heteroatoms. The van der Waals surface area contributed by atoms with Gasteiger partial charge >= 0.3 is 0 Å². The fraction of sp³-hybridized carbons (Fsp3) is 0.667. The summed E-state index contributed by atoms with van der Waals surface area (Å²) in [5.74, 6) is -1.33. The maximum absolute atomic E-state index is 13.6. The van der Waals surface area contributed by atoms with Crippen molar-refractivity contribution in [3.05, 3.63) is 29.3 Å². The van der Waals surface area contributed by atoms with E-state index in [9.17, 15) is 13.6 Å². The Morgan fingerprint density at radius 1 is 1.15 bits per heavy atom. The van der Waals surface area contributed by atoms with Crippen LogP contribution in [0.2, 0.25) is 0 Å². The van der Waals surface area contributed by atoms with Crippen molar-refractivity contribution in [2.75, 3.05) is 37.6 Å². The molecule has 0 aromatic heterocycles. The van der Waals surface area contributed by atoms with E-state index in [4.69, 9.17) is 0 Å². The number of halogens is 2. The van der Waals surface area contributed by atoms with Gasteiger partial charge in [-0.3, -0.25) is 4.79 Å².